The monoisotopic (exact) mass is 355 g/mol. The van der Waals surface area contributed by atoms with Gasteiger partial charge in [-0.15, -0.1) is 0 Å². The Hall–Kier alpha value is -2.93. The topological polar surface area (TPSA) is 90.4 Å². The molecule has 136 valence electrons. The van der Waals surface area contributed by atoms with Crippen molar-refractivity contribution >= 4 is 16.7 Å². The molecule has 1 unspecified atom stereocenters. The molecule has 3 rings (SSSR count). The van der Waals surface area contributed by atoms with Crippen molar-refractivity contribution in [3.05, 3.63) is 64.5 Å². The lowest BCUT2D eigenvalue weighted by Gasteiger charge is -2.15. The first-order valence-electron chi connectivity index (χ1n) is 8.58. The van der Waals surface area contributed by atoms with E-state index < -0.39 is 11.0 Å². The molecule has 0 aliphatic heterocycles. The molecule has 0 bridgehead atoms. The Kier molecular flexibility index (Phi) is 5.48. The molecule has 0 amide bonds. The van der Waals surface area contributed by atoms with Crippen molar-refractivity contribution in [3.63, 3.8) is 0 Å². The first-order chi connectivity index (χ1) is 12.6. The number of hydrogen-bond donors (Lipinski definition) is 1. The van der Waals surface area contributed by atoms with Gasteiger partial charge < -0.3 is 14.4 Å². The largest absolute Gasteiger partial charge is 0.491 e. The summed E-state index contributed by atoms with van der Waals surface area (Å²) < 4.78 is 7.59. The average Bonchev–Trinajstić information content (AvgIpc) is 2.98. The summed E-state index contributed by atoms with van der Waals surface area (Å²) in [7, 11) is 0. The van der Waals surface area contributed by atoms with Gasteiger partial charge in [-0.3, -0.25) is 10.1 Å². The molecule has 0 spiro atoms. The molecule has 26 heavy (non-hydrogen) atoms. The number of aryl methyl sites for hydroxylation is 1. The molecule has 0 saturated carbocycles. The van der Waals surface area contributed by atoms with Gasteiger partial charge in [0.2, 0.25) is 0 Å². The van der Waals surface area contributed by atoms with E-state index in [-0.39, 0.29) is 12.3 Å². The molecule has 7 heteroatoms. The van der Waals surface area contributed by atoms with Gasteiger partial charge in [-0.1, -0.05) is 19.1 Å². The fourth-order valence-corrected chi connectivity index (χ4v) is 2.86. The third kappa shape index (κ3) is 4.00. The van der Waals surface area contributed by atoms with E-state index in [0.717, 1.165) is 29.7 Å². The number of non-ortho nitro benzene ring substituents is 1. The number of rotatable bonds is 8. The Bertz CT molecular complexity index is 889. The van der Waals surface area contributed by atoms with Crippen LogP contribution in [-0.4, -0.2) is 32.3 Å². The molecule has 1 heterocycles. The molecular formula is C19H21N3O4. The molecular weight excluding hydrogens is 334 g/mol. The first kappa shape index (κ1) is 17.9. The van der Waals surface area contributed by atoms with Gasteiger partial charge in [-0.25, -0.2) is 4.98 Å². The van der Waals surface area contributed by atoms with Crippen molar-refractivity contribution in [2.24, 2.45) is 0 Å². The van der Waals surface area contributed by atoms with Crippen molar-refractivity contribution in [3.8, 4) is 5.75 Å². The van der Waals surface area contributed by atoms with Crippen LogP contribution in [0.25, 0.3) is 11.0 Å². The standard InChI is InChI=1S/C19H21N3O4/c1-2-5-19-20-17-6-3-4-7-18(17)21(19)12-15(23)13-26-16-10-8-14(9-11-16)22(24)25/h3-4,6-11,15,23H,2,5,12-13H2,1H3. The Morgan fingerprint density at radius 1 is 1.23 bits per heavy atom. The predicted octanol–water partition coefficient (Wildman–Crippen LogP) is 3.34. The minimum atomic E-state index is -0.724. The lowest BCUT2D eigenvalue weighted by molar-refractivity contribution is -0.384. The van der Waals surface area contributed by atoms with Crippen LogP contribution in [-0.2, 0) is 13.0 Å². The van der Waals surface area contributed by atoms with Crippen LogP contribution in [0.5, 0.6) is 5.75 Å². The zero-order valence-corrected chi connectivity index (χ0v) is 14.5. The number of nitro benzene ring substituents is 1. The number of aliphatic hydroxyl groups is 1. The molecule has 1 atom stereocenters. The number of nitro groups is 1. The van der Waals surface area contributed by atoms with Crippen molar-refractivity contribution in [1.29, 1.82) is 0 Å². The second kappa shape index (κ2) is 7.97. The highest BCUT2D eigenvalue weighted by Crippen LogP contribution is 2.19. The van der Waals surface area contributed by atoms with E-state index in [1.165, 1.54) is 24.3 Å². The van der Waals surface area contributed by atoms with Crippen molar-refractivity contribution < 1.29 is 14.8 Å². The molecule has 1 N–H and O–H groups in total. The maximum Gasteiger partial charge on any atom is 0.269 e. The van der Waals surface area contributed by atoms with E-state index in [1.54, 1.807) is 0 Å². The maximum atomic E-state index is 10.7. The van der Waals surface area contributed by atoms with E-state index >= 15 is 0 Å². The van der Waals surface area contributed by atoms with E-state index in [1.807, 2.05) is 28.8 Å². The number of nitrogens with zero attached hydrogens (tertiary/aromatic N) is 3. The van der Waals surface area contributed by atoms with E-state index in [2.05, 4.69) is 11.9 Å². The van der Waals surface area contributed by atoms with Crippen molar-refractivity contribution in [1.82, 2.24) is 9.55 Å². The summed E-state index contributed by atoms with van der Waals surface area (Å²) in [6.45, 7) is 2.57. The zero-order chi connectivity index (χ0) is 18.5. The summed E-state index contributed by atoms with van der Waals surface area (Å²) >= 11 is 0. The molecule has 1 aromatic heterocycles. The maximum absolute atomic E-state index is 10.7. The van der Waals surface area contributed by atoms with Crippen LogP contribution in [0.4, 0.5) is 5.69 Å². The number of aromatic nitrogens is 2. The number of imidazole rings is 1. The van der Waals surface area contributed by atoms with E-state index in [4.69, 9.17) is 4.74 Å². The van der Waals surface area contributed by atoms with Crippen LogP contribution in [0.2, 0.25) is 0 Å². The molecule has 7 nitrogen and oxygen atoms in total. The zero-order valence-electron chi connectivity index (χ0n) is 14.5. The Morgan fingerprint density at radius 3 is 2.65 bits per heavy atom. The quantitative estimate of drug-likeness (QED) is 0.494. The van der Waals surface area contributed by atoms with Crippen LogP contribution in [0.1, 0.15) is 19.2 Å². The fraction of sp³-hybridized carbons (Fsp3) is 0.316. The minimum Gasteiger partial charge on any atom is -0.491 e. The molecule has 2 aromatic carbocycles. The lowest BCUT2D eigenvalue weighted by atomic mass is 10.3. The fourth-order valence-electron chi connectivity index (χ4n) is 2.86. The Labute approximate surface area is 151 Å². The molecule has 0 aliphatic carbocycles. The second-order valence-electron chi connectivity index (χ2n) is 6.09. The molecule has 0 saturated heterocycles. The Balaban J connectivity index is 1.68. The number of aliphatic hydroxyl groups excluding tert-OH is 1. The van der Waals surface area contributed by atoms with Crippen LogP contribution >= 0.6 is 0 Å². The summed E-state index contributed by atoms with van der Waals surface area (Å²) in [4.78, 5) is 14.9. The molecule has 0 radical (unpaired) electrons. The number of ether oxygens (including phenoxy) is 1. The van der Waals surface area contributed by atoms with Gasteiger partial charge in [-0.2, -0.15) is 0 Å². The second-order valence-corrected chi connectivity index (χ2v) is 6.09. The third-order valence-corrected chi connectivity index (χ3v) is 4.09. The third-order valence-electron chi connectivity index (χ3n) is 4.09. The summed E-state index contributed by atoms with van der Waals surface area (Å²) in [6, 6.07) is 13.7. The van der Waals surface area contributed by atoms with Crippen molar-refractivity contribution in [2.45, 2.75) is 32.4 Å². The minimum absolute atomic E-state index is 0.00647. The molecule has 0 fully saturated rings. The van der Waals surface area contributed by atoms with Gasteiger partial charge in [-0.05, 0) is 30.7 Å². The average molecular weight is 355 g/mol. The van der Waals surface area contributed by atoms with Crippen LogP contribution in [0, 0.1) is 10.1 Å². The Morgan fingerprint density at radius 2 is 1.96 bits per heavy atom. The van der Waals surface area contributed by atoms with Gasteiger partial charge in [0.25, 0.3) is 5.69 Å². The summed E-state index contributed by atoms with van der Waals surface area (Å²) in [6.07, 6.45) is 1.09. The van der Waals surface area contributed by atoms with Crippen molar-refractivity contribution in [2.75, 3.05) is 6.61 Å². The van der Waals surface area contributed by atoms with Gasteiger partial charge in [0.05, 0.1) is 22.5 Å². The van der Waals surface area contributed by atoms with E-state index in [0.29, 0.717) is 12.3 Å². The van der Waals surface area contributed by atoms with E-state index in [9.17, 15) is 15.2 Å². The van der Waals surface area contributed by atoms with Gasteiger partial charge in [0.15, 0.2) is 0 Å². The van der Waals surface area contributed by atoms with Gasteiger partial charge in [0.1, 0.15) is 24.3 Å². The highest BCUT2D eigenvalue weighted by atomic mass is 16.6. The smallest absolute Gasteiger partial charge is 0.269 e. The number of fused-ring (bicyclic) bond motifs is 1. The molecule has 0 aliphatic rings. The summed E-state index contributed by atoms with van der Waals surface area (Å²) in [5.41, 5.74) is 1.91. The first-order valence-corrected chi connectivity index (χ1v) is 8.58. The SMILES string of the molecule is CCCc1nc2ccccc2n1CC(O)COc1ccc([N+](=O)[O-])cc1. The lowest BCUT2D eigenvalue weighted by Crippen LogP contribution is -2.24. The molecule has 3 aromatic rings. The normalized spacial score (nSPS) is 12.2. The number of benzene rings is 2. The summed E-state index contributed by atoms with van der Waals surface area (Å²) in [5.74, 6) is 1.43. The highest BCUT2D eigenvalue weighted by molar-refractivity contribution is 5.75. The van der Waals surface area contributed by atoms with Gasteiger partial charge in [0, 0.05) is 18.6 Å². The highest BCUT2D eigenvalue weighted by Gasteiger charge is 2.14. The summed E-state index contributed by atoms with van der Waals surface area (Å²) in [5, 5.41) is 21.1. The van der Waals surface area contributed by atoms with Crippen LogP contribution < -0.4 is 4.74 Å². The van der Waals surface area contributed by atoms with Crippen LogP contribution in [0.15, 0.2) is 48.5 Å². The van der Waals surface area contributed by atoms with Gasteiger partial charge >= 0.3 is 0 Å². The predicted molar refractivity (Wildman–Crippen MR) is 98.3 cm³/mol. The van der Waals surface area contributed by atoms with Crippen LogP contribution in [0.3, 0.4) is 0 Å². The number of para-hydroxylation sites is 2. The number of hydrogen-bond acceptors (Lipinski definition) is 5.